The van der Waals surface area contributed by atoms with Gasteiger partial charge in [0.2, 0.25) is 0 Å². The minimum Gasteiger partial charge on any atom is -0.496 e. The molecule has 0 aliphatic carbocycles. The van der Waals surface area contributed by atoms with E-state index in [2.05, 4.69) is 6.92 Å². The van der Waals surface area contributed by atoms with Crippen LogP contribution < -0.4 is 10.5 Å². The van der Waals surface area contributed by atoms with Gasteiger partial charge in [-0.2, -0.15) is 0 Å². The lowest BCUT2D eigenvalue weighted by Crippen LogP contribution is -1.91. The van der Waals surface area contributed by atoms with Crippen LogP contribution in [-0.2, 0) is 0 Å². The number of ether oxygens (including phenoxy) is 1. The maximum absolute atomic E-state index is 5.72. The Kier molecular flexibility index (Phi) is 6.94. The summed E-state index contributed by atoms with van der Waals surface area (Å²) in [6.07, 6.45) is 6.63. The first-order valence-electron chi connectivity index (χ1n) is 6.34. The van der Waals surface area contributed by atoms with Crippen LogP contribution >= 0.6 is 11.8 Å². The van der Waals surface area contributed by atoms with Crippen molar-refractivity contribution in [2.45, 2.75) is 43.9 Å². The van der Waals surface area contributed by atoms with E-state index in [-0.39, 0.29) is 0 Å². The molecule has 0 aromatic heterocycles. The van der Waals surface area contributed by atoms with E-state index in [1.165, 1.54) is 37.0 Å². The molecule has 3 heteroatoms. The summed E-state index contributed by atoms with van der Waals surface area (Å²) >= 11 is 1.86. The van der Waals surface area contributed by atoms with Gasteiger partial charge in [-0.3, -0.25) is 0 Å². The molecule has 0 unspecified atom stereocenters. The zero-order chi connectivity index (χ0) is 12.5. The lowest BCUT2D eigenvalue weighted by molar-refractivity contribution is 0.405. The topological polar surface area (TPSA) is 35.2 Å². The summed E-state index contributed by atoms with van der Waals surface area (Å²) in [4.78, 5) is 1.19. The van der Waals surface area contributed by atoms with Gasteiger partial charge >= 0.3 is 0 Å². The number of thioether (sulfide) groups is 1. The molecule has 1 aromatic carbocycles. The summed E-state index contributed by atoms with van der Waals surface area (Å²) in [5, 5.41) is 0. The fourth-order valence-corrected chi connectivity index (χ4v) is 2.71. The average molecular weight is 253 g/mol. The van der Waals surface area contributed by atoms with Gasteiger partial charge in [-0.15, -0.1) is 11.8 Å². The zero-order valence-corrected chi connectivity index (χ0v) is 11.7. The van der Waals surface area contributed by atoms with E-state index < -0.39 is 0 Å². The number of benzene rings is 1. The quantitative estimate of drug-likeness (QED) is 0.425. The van der Waals surface area contributed by atoms with Crippen LogP contribution in [0.5, 0.6) is 5.75 Å². The lowest BCUT2D eigenvalue weighted by Gasteiger charge is -2.08. The molecule has 0 heterocycles. The molecule has 0 aliphatic heterocycles. The second kappa shape index (κ2) is 8.29. The van der Waals surface area contributed by atoms with Crippen molar-refractivity contribution in [3.05, 3.63) is 18.2 Å². The van der Waals surface area contributed by atoms with Gasteiger partial charge in [0.1, 0.15) is 5.75 Å². The number of methoxy groups -OCH3 is 1. The van der Waals surface area contributed by atoms with E-state index >= 15 is 0 Å². The van der Waals surface area contributed by atoms with E-state index in [1.54, 1.807) is 7.11 Å². The molecule has 2 N–H and O–H groups in total. The Balaban J connectivity index is 2.31. The van der Waals surface area contributed by atoms with Crippen LogP contribution in [0.3, 0.4) is 0 Å². The Morgan fingerprint density at radius 3 is 2.65 bits per heavy atom. The van der Waals surface area contributed by atoms with Crippen LogP contribution in [0.15, 0.2) is 23.1 Å². The predicted molar refractivity (Wildman–Crippen MR) is 76.9 cm³/mol. The Hall–Kier alpha value is -0.830. The lowest BCUT2D eigenvalue weighted by atomic mass is 10.2. The molecule has 0 amide bonds. The molecule has 0 saturated carbocycles. The van der Waals surface area contributed by atoms with Crippen LogP contribution in [0.1, 0.15) is 39.0 Å². The highest BCUT2D eigenvalue weighted by molar-refractivity contribution is 7.99. The first kappa shape index (κ1) is 14.2. The maximum atomic E-state index is 5.72. The zero-order valence-electron chi connectivity index (χ0n) is 10.9. The van der Waals surface area contributed by atoms with E-state index in [0.29, 0.717) is 0 Å². The molecule has 2 nitrogen and oxygen atoms in total. The van der Waals surface area contributed by atoms with E-state index in [0.717, 1.165) is 17.2 Å². The molecule has 0 atom stereocenters. The average Bonchev–Trinajstić information content (AvgIpc) is 2.35. The van der Waals surface area contributed by atoms with Crippen molar-refractivity contribution in [1.29, 1.82) is 0 Å². The van der Waals surface area contributed by atoms with E-state index in [1.807, 2.05) is 30.0 Å². The van der Waals surface area contributed by atoms with Crippen molar-refractivity contribution in [2.24, 2.45) is 0 Å². The van der Waals surface area contributed by atoms with Crippen molar-refractivity contribution in [3.63, 3.8) is 0 Å². The Morgan fingerprint density at radius 2 is 1.94 bits per heavy atom. The molecule has 0 radical (unpaired) electrons. The third-order valence-electron chi connectivity index (χ3n) is 2.69. The highest BCUT2D eigenvalue weighted by atomic mass is 32.2. The minimum absolute atomic E-state index is 0.758. The minimum atomic E-state index is 0.758. The second-order valence-electron chi connectivity index (χ2n) is 4.17. The number of unbranched alkanes of at least 4 members (excludes halogenated alkanes) is 4. The van der Waals surface area contributed by atoms with Gasteiger partial charge in [0, 0.05) is 16.6 Å². The molecule has 96 valence electrons. The van der Waals surface area contributed by atoms with Gasteiger partial charge in [-0.05, 0) is 24.3 Å². The van der Waals surface area contributed by atoms with Gasteiger partial charge in [0.05, 0.1) is 7.11 Å². The van der Waals surface area contributed by atoms with Crippen LogP contribution in [0, 0.1) is 0 Å². The SMILES string of the molecule is CCCCCCCSc1ccc(N)cc1OC. The van der Waals surface area contributed by atoms with Crippen LogP contribution in [-0.4, -0.2) is 12.9 Å². The van der Waals surface area contributed by atoms with Gasteiger partial charge in [0.25, 0.3) is 0 Å². The summed E-state index contributed by atoms with van der Waals surface area (Å²) in [6, 6.07) is 5.87. The maximum Gasteiger partial charge on any atom is 0.134 e. The van der Waals surface area contributed by atoms with Crippen molar-refractivity contribution in [1.82, 2.24) is 0 Å². The standard InChI is InChI=1S/C14H23NOS/c1-3-4-5-6-7-10-17-14-9-8-12(15)11-13(14)16-2/h8-9,11H,3-7,10,15H2,1-2H3. The number of rotatable bonds is 8. The Labute approximate surface area is 109 Å². The first-order chi connectivity index (χ1) is 8.27. The normalized spacial score (nSPS) is 10.5. The van der Waals surface area contributed by atoms with Crippen molar-refractivity contribution in [3.8, 4) is 5.75 Å². The van der Waals surface area contributed by atoms with Gasteiger partial charge < -0.3 is 10.5 Å². The number of nitrogen functional groups attached to an aromatic ring is 1. The Morgan fingerprint density at radius 1 is 1.18 bits per heavy atom. The molecule has 0 aliphatic rings. The Bertz CT molecular complexity index is 328. The number of hydrogen-bond donors (Lipinski definition) is 1. The molecule has 0 bridgehead atoms. The monoisotopic (exact) mass is 253 g/mol. The summed E-state index contributed by atoms with van der Waals surface area (Å²) in [7, 11) is 1.69. The van der Waals surface area contributed by atoms with Crippen molar-refractivity contribution in [2.75, 3.05) is 18.6 Å². The fourth-order valence-electron chi connectivity index (χ4n) is 1.69. The largest absolute Gasteiger partial charge is 0.496 e. The number of nitrogens with two attached hydrogens (primary N) is 1. The molecule has 0 saturated heterocycles. The third kappa shape index (κ3) is 5.35. The number of anilines is 1. The number of hydrogen-bond acceptors (Lipinski definition) is 3. The van der Waals surface area contributed by atoms with Crippen molar-refractivity contribution >= 4 is 17.4 Å². The fraction of sp³-hybridized carbons (Fsp3) is 0.571. The highest BCUT2D eigenvalue weighted by Gasteiger charge is 2.03. The molecular weight excluding hydrogens is 230 g/mol. The summed E-state index contributed by atoms with van der Waals surface area (Å²) in [6.45, 7) is 2.24. The van der Waals surface area contributed by atoms with Crippen LogP contribution in [0.25, 0.3) is 0 Å². The highest BCUT2D eigenvalue weighted by Crippen LogP contribution is 2.31. The van der Waals surface area contributed by atoms with Gasteiger partial charge in [-0.1, -0.05) is 32.6 Å². The molecule has 0 fully saturated rings. The summed E-state index contributed by atoms with van der Waals surface area (Å²) in [5.41, 5.74) is 6.48. The van der Waals surface area contributed by atoms with Crippen LogP contribution in [0.4, 0.5) is 5.69 Å². The van der Waals surface area contributed by atoms with E-state index in [9.17, 15) is 0 Å². The molecular formula is C14H23NOS. The molecule has 0 spiro atoms. The third-order valence-corrected chi connectivity index (χ3v) is 3.83. The molecule has 1 rings (SSSR count). The predicted octanol–water partition coefficient (Wildman–Crippen LogP) is 4.34. The van der Waals surface area contributed by atoms with Crippen LogP contribution in [0.2, 0.25) is 0 Å². The second-order valence-corrected chi connectivity index (χ2v) is 5.31. The van der Waals surface area contributed by atoms with Gasteiger partial charge in [0.15, 0.2) is 0 Å². The van der Waals surface area contributed by atoms with Gasteiger partial charge in [-0.25, -0.2) is 0 Å². The summed E-state index contributed by atoms with van der Waals surface area (Å²) in [5.74, 6) is 2.05. The molecule has 17 heavy (non-hydrogen) atoms. The molecule has 1 aromatic rings. The first-order valence-corrected chi connectivity index (χ1v) is 7.32. The van der Waals surface area contributed by atoms with Crippen molar-refractivity contribution < 1.29 is 4.74 Å². The summed E-state index contributed by atoms with van der Waals surface area (Å²) < 4.78 is 5.32. The van der Waals surface area contributed by atoms with E-state index in [4.69, 9.17) is 10.5 Å². The smallest absolute Gasteiger partial charge is 0.134 e.